The van der Waals surface area contributed by atoms with E-state index in [1.54, 1.807) is 18.5 Å². The molecule has 0 amide bonds. The summed E-state index contributed by atoms with van der Waals surface area (Å²) in [4.78, 5) is 20.0. The van der Waals surface area contributed by atoms with Crippen molar-refractivity contribution in [3.63, 3.8) is 0 Å². The summed E-state index contributed by atoms with van der Waals surface area (Å²) >= 11 is 0. The van der Waals surface area contributed by atoms with Crippen LogP contribution in [0.5, 0.6) is 0 Å². The van der Waals surface area contributed by atoms with Gasteiger partial charge in [0.05, 0.1) is 34.6 Å². The minimum atomic E-state index is -0.485. The first-order valence-corrected chi connectivity index (χ1v) is 8.85. The zero-order valence-corrected chi connectivity index (χ0v) is 14.7. The first-order valence-electron chi connectivity index (χ1n) is 8.85. The Balaban J connectivity index is 1.42. The first kappa shape index (κ1) is 16.8. The molecule has 0 spiro atoms. The van der Waals surface area contributed by atoms with Gasteiger partial charge in [-0.3, -0.25) is 4.90 Å². The van der Waals surface area contributed by atoms with Crippen LogP contribution in [0.25, 0.3) is 11.0 Å². The number of aliphatic hydroxyl groups excluding tert-OH is 1. The second-order valence-corrected chi connectivity index (χ2v) is 6.66. The van der Waals surface area contributed by atoms with Crippen molar-refractivity contribution in [2.24, 2.45) is 0 Å². The van der Waals surface area contributed by atoms with E-state index in [2.05, 4.69) is 25.2 Å². The lowest BCUT2D eigenvalue weighted by Crippen LogP contribution is -2.49. The summed E-state index contributed by atoms with van der Waals surface area (Å²) in [6, 6.07) is 9.64. The minimum absolute atomic E-state index is 0.0440. The standard InChI is InChI=1S/C19H22N6O/c1-13-17(23-15-6-3-2-5-14(15)22-13)11-25-10-7-16(18(26)12-25)24-19-20-8-4-9-21-19/h2-6,8-9,16,18,26H,7,10-12H2,1H3,(H,20,21,24)/t16-,18-/m1/s1. The van der Waals surface area contributed by atoms with Crippen LogP contribution in [0.2, 0.25) is 0 Å². The second-order valence-electron chi connectivity index (χ2n) is 6.66. The summed E-state index contributed by atoms with van der Waals surface area (Å²) in [5.41, 5.74) is 3.73. The maximum Gasteiger partial charge on any atom is 0.222 e. The van der Waals surface area contributed by atoms with Crippen LogP contribution in [-0.2, 0) is 6.54 Å². The van der Waals surface area contributed by atoms with Crippen LogP contribution < -0.4 is 5.32 Å². The van der Waals surface area contributed by atoms with Gasteiger partial charge in [0.15, 0.2) is 0 Å². The van der Waals surface area contributed by atoms with Gasteiger partial charge < -0.3 is 10.4 Å². The van der Waals surface area contributed by atoms with Crippen molar-refractivity contribution in [2.75, 3.05) is 18.4 Å². The minimum Gasteiger partial charge on any atom is -0.390 e. The summed E-state index contributed by atoms with van der Waals surface area (Å²) < 4.78 is 0. The number of aryl methyl sites for hydroxylation is 1. The van der Waals surface area contributed by atoms with E-state index >= 15 is 0 Å². The van der Waals surface area contributed by atoms with E-state index in [1.807, 2.05) is 31.2 Å². The fourth-order valence-electron chi connectivity index (χ4n) is 3.33. The van der Waals surface area contributed by atoms with Gasteiger partial charge in [0.2, 0.25) is 5.95 Å². The SMILES string of the molecule is Cc1nc2ccccc2nc1CN1CC[C@@H](Nc2ncccn2)[C@H](O)C1. The van der Waals surface area contributed by atoms with Gasteiger partial charge in [-0.05, 0) is 31.5 Å². The van der Waals surface area contributed by atoms with Crippen molar-refractivity contribution in [1.29, 1.82) is 0 Å². The molecule has 134 valence electrons. The fourth-order valence-corrected chi connectivity index (χ4v) is 3.33. The number of nitrogens with one attached hydrogen (secondary N) is 1. The van der Waals surface area contributed by atoms with Crippen LogP contribution in [0, 0.1) is 6.92 Å². The monoisotopic (exact) mass is 350 g/mol. The number of hydrogen-bond donors (Lipinski definition) is 2. The van der Waals surface area contributed by atoms with Gasteiger partial charge in [-0.25, -0.2) is 19.9 Å². The second kappa shape index (κ2) is 7.31. The van der Waals surface area contributed by atoms with Crippen molar-refractivity contribution < 1.29 is 5.11 Å². The molecule has 2 N–H and O–H groups in total. The molecule has 3 aromatic rings. The molecule has 0 saturated carbocycles. The summed E-state index contributed by atoms with van der Waals surface area (Å²) in [7, 11) is 0. The van der Waals surface area contributed by atoms with E-state index in [1.165, 1.54) is 0 Å². The number of piperidine rings is 1. The molecule has 2 atom stereocenters. The van der Waals surface area contributed by atoms with Crippen molar-refractivity contribution >= 4 is 17.0 Å². The molecule has 0 aliphatic carbocycles. The predicted molar refractivity (Wildman–Crippen MR) is 99.6 cm³/mol. The number of para-hydroxylation sites is 2. The largest absolute Gasteiger partial charge is 0.390 e. The number of β-amino-alcohol motifs (C(OH)–C–C–N with tert-alkyl or cyclic N) is 1. The Hall–Kier alpha value is -2.64. The number of likely N-dealkylation sites (tertiary alicyclic amines) is 1. The quantitative estimate of drug-likeness (QED) is 0.741. The zero-order chi connectivity index (χ0) is 17.9. The van der Waals surface area contributed by atoms with E-state index in [0.717, 1.165) is 35.4 Å². The molecule has 7 nitrogen and oxygen atoms in total. The molecule has 7 heteroatoms. The smallest absolute Gasteiger partial charge is 0.222 e. The van der Waals surface area contributed by atoms with Crippen molar-refractivity contribution in [3.05, 3.63) is 54.1 Å². The maximum absolute atomic E-state index is 10.5. The van der Waals surface area contributed by atoms with Gasteiger partial charge in [0.1, 0.15) is 0 Å². The van der Waals surface area contributed by atoms with Crippen LogP contribution in [0.4, 0.5) is 5.95 Å². The molecule has 0 bridgehead atoms. The summed E-state index contributed by atoms with van der Waals surface area (Å²) in [5, 5.41) is 13.7. The molecule has 1 aliphatic rings. The normalized spacial score (nSPS) is 21.0. The van der Waals surface area contributed by atoms with E-state index in [9.17, 15) is 5.11 Å². The summed E-state index contributed by atoms with van der Waals surface area (Å²) in [6.45, 7) is 4.13. The molecule has 4 rings (SSSR count). The highest BCUT2D eigenvalue weighted by molar-refractivity contribution is 5.74. The first-order chi connectivity index (χ1) is 12.7. The molecule has 1 aliphatic heterocycles. The lowest BCUT2D eigenvalue weighted by Gasteiger charge is -2.36. The Morgan fingerprint density at radius 2 is 1.85 bits per heavy atom. The highest BCUT2D eigenvalue weighted by atomic mass is 16.3. The van der Waals surface area contributed by atoms with Gasteiger partial charge in [-0.1, -0.05) is 12.1 Å². The molecular weight excluding hydrogens is 328 g/mol. The van der Waals surface area contributed by atoms with E-state index < -0.39 is 6.10 Å². The number of hydrogen-bond acceptors (Lipinski definition) is 7. The van der Waals surface area contributed by atoms with Crippen LogP contribution in [0.3, 0.4) is 0 Å². The molecule has 1 aromatic carbocycles. The number of benzene rings is 1. The molecule has 1 fully saturated rings. The van der Waals surface area contributed by atoms with Gasteiger partial charge in [0, 0.05) is 32.0 Å². The molecular formula is C19H22N6O. The average Bonchev–Trinajstić information content (AvgIpc) is 2.65. The molecule has 2 aromatic heterocycles. The molecule has 0 radical (unpaired) electrons. The van der Waals surface area contributed by atoms with E-state index in [4.69, 9.17) is 4.98 Å². The Labute approximate surface area is 152 Å². The maximum atomic E-state index is 10.5. The van der Waals surface area contributed by atoms with Gasteiger partial charge in [-0.2, -0.15) is 0 Å². The summed E-state index contributed by atoms with van der Waals surface area (Å²) in [6.07, 6.45) is 3.72. The molecule has 1 saturated heterocycles. The van der Waals surface area contributed by atoms with E-state index in [-0.39, 0.29) is 6.04 Å². The van der Waals surface area contributed by atoms with Crippen LogP contribution >= 0.6 is 0 Å². The van der Waals surface area contributed by atoms with Crippen molar-refractivity contribution in [2.45, 2.75) is 32.0 Å². The highest BCUT2D eigenvalue weighted by Crippen LogP contribution is 2.19. The van der Waals surface area contributed by atoms with Crippen LogP contribution in [-0.4, -0.2) is 55.2 Å². The lowest BCUT2D eigenvalue weighted by molar-refractivity contribution is 0.0552. The topological polar surface area (TPSA) is 87.1 Å². The molecule has 0 unspecified atom stereocenters. The number of aliphatic hydroxyl groups is 1. The Morgan fingerprint density at radius 1 is 1.12 bits per heavy atom. The molecule has 26 heavy (non-hydrogen) atoms. The fraction of sp³-hybridized carbons (Fsp3) is 0.368. The molecule has 3 heterocycles. The Morgan fingerprint density at radius 3 is 2.58 bits per heavy atom. The lowest BCUT2D eigenvalue weighted by atomic mass is 10.0. The zero-order valence-electron chi connectivity index (χ0n) is 14.7. The third-order valence-corrected chi connectivity index (χ3v) is 4.76. The number of nitrogens with zero attached hydrogens (tertiary/aromatic N) is 5. The summed E-state index contributed by atoms with van der Waals surface area (Å²) in [5.74, 6) is 0.557. The van der Waals surface area contributed by atoms with Gasteiger partial charge in [-0.15, -0.1) is 0 Å². The number of rotatable bonds is 4. The van der Waals surface area contributed by atoms with Gasteiger partial charge in [0.25, 0.3) is 0 Å². The third kappa shape index (κ3) is 3.63. The predicted octanol–water partition coefficient (Wildman–Crippen LogP) is 1.78. The van der Waals surface area contributed by atoms with Crippen LogP contribution in [0.15, 0.2) is 42.7 Å². The van der Waals surface area contributed by atoms with Gasteiger partial charge >= 0.3 is 0 Å². The van der Waals surface area contributed by atoms with E-state index in [0.29, 0.717) is 19.0 Å². The van der Waals surface area contributed by atoms with Crippen molar-refractivity contribution in [3.8, 4) is 0 Å². The third-order valence-electron chi connectivity index (χ3n) is 4.76. The van der Waals surface area contributed by atoms with Crippen molar-refractivity contribution in [1.82, 2.24) is 24.8 Å². The Bertz CT molecular complexity index is 888. The number of fused-ring (bicyclic) bond motifs is 1. The number of anilines is 1. The van der Waals surface area contributed by atoms with Crippen LogP contribution in [0.1, 0.15) is 17.8 Å². The average molecular weight is 350 g/mol. The highest BCUT2D eigenvalue weighted by Gasteiger charge is 2.28. The Kier molecular flexibility index (Phi) is 4.73. The number of aromatic nitrogens is 4.